The molecule has 248 valence electrons. The van der Waals surface area contributed by atoms with E-state index in [-0.39, 0.29) is 23.7 Å². The van der Waals surface area contributed by atoms with E-state index >= 15 is 0 Å². The number of alkyl carbamates (subject to hydrolysis) is 1. The Kier molecular flexibility index (Phi) is 15.6. The van der Waals surface area contributed by atoms with E-state index in [1.54, 1.807) is 41.5 Å². The number of nitrogens with zero attached hydrogens (tertiary/aromatic N) is 4. The van der Waals surface area contributed by atoms with Crippen molar-refractivity contribution in [2.45, 2.75) is 119 Å². The van der Waals surface area contributed by atoms with Crippen molar-refractivity contribution in [2.75, 3.05) is 10.6 Å². The number of hydrogen-bond donors (Lipinski definition) is 4. The molecule has 16 heteroatoms. The highest BCUT2D eigenvalue weighted by molar-refractivity contribution is 7.15. The molecule has 2 rings (SSSR count). The zero-order valence-corrected chi connectivity index (χ0v) is 29.0. The Morgan fingerprint density at radius 2 is 1.25 bits per heavy atom. The standard InChI is InChI=1S/C23H37N7O4S2.C5H11NO2/c1-13(2)12-15(31)24-20-29-27-16(35-20)10-8-9-11-17-28-30-21(36-17)26-19(32)18(14(3)4)25-22(33)34-23(5,6)7;1-5(2,3)8-4(6)7/h13-14,18H,8-12H2,1-7H3,(H,25,33)(H,24,29,31)(H,26,30,32);1-3H3,(H2,6,7). The first-order valence-electron chi connectivity index (χ1n) is 14.5. The zero-order valence-electron chi connectivity index (χ0n) is 27.4. The van der Waals surface area contributed by atoms with E-state index in [0.29, 0.717) is 23.1 Å². The predicted molar refractivity (Wildman–Crippen MR) is 172 cm³/mol. The first-order valence-corrected chi connectivity index (χ1v) is 16.1. The summed E-state index contributed by atoms with van der Waals surface area (Å²) in [6.07, 6.45) is 2.31. The fourth-order valence-corrected chi connectivity index (χ4v) is 4.94. The molecule has 0 fully saturated rings. The van der Waals surface area contributed by atoms with Gasteiger partial charge in [0.25, 0.3) is 0 Å². The van der Waals surface area contributed by atoms with E-state index in [2.05, 4.69) is 41.1 Å². The predicted octanol–water partition coefficient (Wildman–Crippen LogP) is 5.31. The molecular formula is C28H48N8O6S2. The second-order valence-electron chi connectivity index (χ2n) is 12.7. The minimum absolute atomic E-state index is 0.0489. The van der Waals surface area contributed by atoms with Gasteiger partial charge in [-0.1, -0.05) is 50.4 Å². The number of rotatable bonds is 12. The molecule has 0 aliphatic heterocycles. The van der Waals surface area contributed by atoms with Crippen LogP contribution in [0.4, 0.5) is 19.9 Å². The molecule has 14 nitrogen and oxygen atoms in total. The molecule has 0 bridgehead atoms. The van der Waals surface area contributed by atoms with Crippen LogP contribution in [-0.4, -0.2) is 61.6 Å². The minimum atomic E-state index is -0.765. The second-order valence-corrected chi connectivity index (χ2v) is 14.9. The van der Waals surface area contributed by atoms with E-state index in [0.717, 1.165) is 29.3 Å². The fraction of sp³-hybridized carbons (Fsp3) is 0.714. The maximum atomic E-state index is 12.7. The van der Waals surface area contributed by atoms with Crippen molar-refractivity contribution in [2.24, 2.45) is 17.6 Å². The van der Waals surface area contributed by atoms with Gasteiger partial charge >= 0.3 is 12.2 Å². The third kappa shape index (κ3) is 17.7. The number of hydrogen-bond acceptors (Lipinski definition) is 12. The van der Waals surface area contributed by atoms with Crippen LogP contribution in [0.5, 0.6) is 0 Å². The average molecular weight is 657 g/mol. The number of ether oxygens (including phenoxy) is 2. The molecule has 0 saturated heterocycles. The molecule has 0 aliphatic rings. The van der Waals surface area contributed by atoms with Crippen molar-refractivity contribution in [1.82, 2.24) is 25.7 Å². The highest BCUT2D eigenvalue weighted by Gasteiger charge is 2.27. The summed E-state index contributed by atoms with van der Waals surface area (Å²) in [4.78, 5) is 46.7. The van der Waals surface area contributed by atoms with Gasteiger partial charge in [0.2, 0.25) is 22.1 Å². The Balaban J connectivity index is 0.00000106. The summed E-state index contributed by atoms with van der Waals surface area (Å²) in [5.41, 5.74) is 3.61. The third-order valence-corrected chi connectivity index (χ3v) is 6.86. The topological polar surface area (TPSA) is 200 Å². The molecular weight excluding hydrogens is 608 g/mol. The van der Waals surface area contributed by atoms with Gasteiger partial charge in [-0.25, -0.2) is 9.59 Å². The highest BCUT2D eigenvalue weighted by Crippen LogP contribution is 2.21. The monoisotopic (exact) mass is 656 g/mol. The van der Waals surface area contributed by atoms with E-state index in [4.69, 9.17) is 10.5 Å². The van der Waals surface area contributed by atoms with E-state index < -0.39 is 29.4 Å². The third-order valence-electron chi connectivity index (χ3n) is 5.06. The van der Waals surface area contributed by atoms with Crippen LogP contribution in [0.1, 0.15) is 98.5 Å². The van der Waals surface area contributed by atoms with Crippen molar-refractivity contribution in [3.63, 3.8) is 0 Å². The van der Waals surface area contributed by atoms with E-state index in [1.807, 2.05) is 27.7 Å². The van der Waals surface area contributed by atoms with Gasteiger partial charge in [-0.2, -0.15) is 0 Å². The van der Waals surface area contributed by atoms with Crippen molar-refractivity contribution in [3.05, 3.63) is 10.0 Å². The highest BCUT2D eigenvalue weighted by atomic mass is 32.1. The van der Waals surface area contributed by atoms with Crippen LogP contribution in [0, 0.1) is 11.8 Å². The van der Waals surface area contributed by atoms with Crippen LogP contribution in [0.15, 0.2) is 0 Å². The molecule has 1 unspecified atom stereocenters. The summed E-state index contributed by atoms with van der Waals surface area (Å²) in [6, 6.07) is -0.765. The summed E-state index contributed by atoms with van der Waals surface area (Å²) in [6.45, 7) is 18.2. The molecule has 4 amide bonds. The molecule has 0 aromatic carbocycles. The largest absolute Gasteiger partial charge is 0.444 e. The number of amides is 4. The number of nitrogens with two attached hydrogens (primary N) is 1. The lowest BCUT2D eigenvalue weighted by molar-refractivity contribution is -0.119. The SMILES string of the molecule is CC(C)(C)OC(N)=O.CC(C)CC(=O)Nc1nnc(CCCCc2nnc(NC(=O)C(NC(=O)OC(C)(C)C)C(C)C)s2)s1. The zero-order chi connectivity index (χ0) is 33.7. The van der Waals surface area contributed by atoms with Gasteiger partial charge in [0.05, 0.1) is 0 Å². The molecule has 2 aromatic heterocycles. The molecule has 1 atom stereocenters. The van der Waals surface area contributed by atoms with Gasteiger partial charge in [-0.3, -0.25) is 14.9 Å². The summed E-state index contributed by atoms with van der Waals surface area (Å²) >= 11 is 2.70. The Hall–Kier alpha value is -3.40. The van der Waals surface area contributed by atoms with Gasteiger partial charge in [0.15, 0.2) is 0 Å². The van der Waals surface area contributed by atoms with Gasteiger partial charge in [-0.15, -0.1) is 20.4 Å². The van der Waals surface area contributed by atoms with E-state index in [9.17, 15) is 19.2 Å². The van der Waals surface area contributed by atoms with Crippen LogP contribution in [-0.2, 0) is 31.9 Å². The number of aromatic nitrogens is 4. The molecule has 44 heavy (non-hydrogen) atoms. The Morgan fingerprint density at radius 3 is 1.64 bits per heavy atom. The number of carbonyl (C=O) groups is 4. The quantitative estimate of drug-likeness (QED) is 0.217. The van der Waals surface area contributed by atoms with Gasteiger partial charge in [0.1, 0.15) is 27.3 Å². The number of anilines is 2. The van der Waals surface area contributed by atoms with Crippen LogP contribution < -0.4 is 21.7 Å². The Morgan fingerprint density at radius 1 is 0.773 bits per heavy atom. The molecule has 2 aromatic rings. The van der Waals surface area contributed by atoms with Crippen LogP contribution >= 0.6 is 22.7 Å². The normalized spacial score (nSPS) is 12.2. The van der Waals surface area contributed by atoms with Gasteiger partial charge < -0.3 is 25.8 Å². The van der Waals surface area contributed by atoms with Crippen molar-refractivity contribution >= 4 is 56.9 Å². The molecule has 0 saturated carbocycles. The van der Waals surface area contributed by atoms with Crippen molar-refractivity contribution in [1.29, 1.82) is 0 Å². The van der Waals surface area contributed by atoms with Crippen LogP contribution in [0.25, 0.3) is 0 Å². The van der Waals surface area contributed by atoms with Crippen LogP contribution in [0.2, 0.25) is 0 Å². The maximum Gasteiger partial charge on any atom is 0.408 e. The lowest BCUT2D eigenvalue weighted by Gasteiger charge is -2.24. The number of carbonyl (C=O) groups excluding carboxylic acids is 4. The van der Waals surface area contributed by atoms with Crippen molar-refractivity contribution in [3.8, 4) is 0 Å². The smallest absolute Gasteiger partial charge is 0.408 e. The maximum absolute atomic E-state index is 12.7. The Labute approximate surface area is 267 Å². The summed E-state index contributed by atoms with van der Waals surface area (Å²) in [7, 11) is 0. The molecule has 0 spiro atoms. The number of aryl methyl sites for hydroxylation is 2. The number of primary amides is 1. The fourth-order valence-electron chi connectivity index (χ4n) is 3.36. The van der Waals surface area contributed by atoms with Gasteiger partial charge in [-0.05, 0) is 66.2 Å². The first-order chi connectivity index (χ1) is 20.2. The molecule has 2 heterocycles. The average Bonchev–Trinajstić information content (AvgIpc) is 3.46. The first kappa shape index (κ1) is 38.6. The molecule has 0 aliphatic carbocycles. The number of nitrogens with one attached hydrogen (secondary N) is 3. The summed E-state index contributed by atoms with van der Waals surface area (Å²) in [5, 5.41) is 27.1. The lowest BCUT2D eigenvalue weighted by atomic mass is 10.0. The van der Waals surface area contributed by atoms with Crippen molar-refractivity contribution < 1.29 is 28.7 Å². The van der Waals surface area contributed by atoms with Crippen LogP contribution in [0.3, 0.4) is 0 Å². The second kappa shape index (κ2) is 17.8. The lowest BCUT2D eigenvalue weighted by Crippen LogP contribution is -2.48. The van der Waals surface area contributed by atoms with Gasteiger partial charge in [0, 0.05) is 19.3 Å². The number of unbranched alkanes of at least 4 members (excludes halogenated alkanes) is 1. The summed E-state index contributed by atoms with van der Waals surface area (Å²) < 4.78 is 9.84. The van der Waals surface area contributed by atoms with E-state index in [1.165, 1.54) is 22.7 Å². The molecule has 0 radical (unpaired) electrons. The minimum Gasteiger partial charge on any atom is -0.444 e. The Bertz CT molecular complexity index is 1220. The summed E-state index contributed by atoms with van der Waals surface area (Å²) in [5.74, 6) is -0.273. The molecule has 5 N–H and O–H groups in total.